The zero-order chi connectivity index (χ0) is 24.6. The van der Waals surface area contributed by atoms with Gasteiger partial charge in [0.2, 0.25) is 5.13 Å². The zero-order valence-corrected chi connectivity index (χ0v) is 20.2. The highest BCUT2D eigenvalue weighted by Gasteiger charge is 2.36. The SMILES string of the molecule is Cc1n[nH]c2ccc(-c3nnc(N[C@@H](Cc4ccccc4)CN4C(=O)c5ccccc5C4=O)s3)cc12. The van der Waals surface area contributed by atoms with Gasteiger partial charge in [0.15, 0.2) is 0 Å². The summed E-state index contributed by atoms with van der Waals surface area (Å²) < 4.78 is 0. The minimum absolute atomic E-state index is 0.219. The highest BCUT2D eigenvalue weighted by molar-refractivity contribution is 7.18. The van der Waals surface area contributed by atoms with Crippen molar-refractivity contribution in [2.45, 2.75) is 19.4 Å². The highest BCUT2D eigenvalue weighted by Crippen LogP contribution is 2.30. The first-order chi connectivity index (χ1) is 17.6. The second-order valence-corrected chi connectivity index (χ2v) is 9.76. The summed E-state index contributed by atoms with van der Waals surface area (Å²) in [7, 11) is 0. The molecule has 6 rings (SSSR count). The molecule has 0 radical (unpaired) electrons. The van der Waals surface area contributed by atoms with E-state index >= 15 is 0 Å². The number of H-pyrrole nitrogens is 1. The number of hydrogen-bond donors (Lipinski definition) is 2. The lowest BCUT2D eigenvalue weighted by Gasteiger charge is -2.23. The van der Waals surface area contributed by atoms with Crippen molar-refractivity contribution >= 4 is 39.2 Å². The van der Waals surface area contributed by atoms with Crippen LogP contribution in [-0.4, -0.2) is 49.7 Å². The number of nitrogens with one attached hydrogen (secondary N) is 2. The first-order valence-electron chi connectivity index (χ1n) is 11.6. The van der Waals surface area contributed by atoms with Gasteiger partial charge in [-0.1, -0.05) is 53.8 Å². The lowest BCUT2D eigenvalue weighted by molar-refractivity contribution is 0.0647. The molecule has 1 atom stereocenters. The van der Waals surface area contributed by atoms with Crippen molar-refractivity contribution < 1.29 is 9.59 Å². The average molecular weight is 495 g/mol. The van der Waals surface area contributed by atoms with Crippen LogP contribution in [-0.2, 0) is 6.42 Å². The Kier molecular flexibility index (Phi) is 5.54. The van der Waals surface area contributed by atoms with Gasteiger partial charge in [-0.15, -0.1) is 10.2 Å². The van der Waals surface area contributed by atoms with Gasteiger partial charge in [0.1, 0.15) is 5.01 Å². The molecular formula is C27H22N6O2S. The summed E-state index contributed by atoms with van der Waals surface area (Å²) in [4.78, 5) is 27.3. The first kappa shape index (κ1) is 22.1. The third-order valence-corrected chi connectivity index (χ3v) is 7.26. The van der Waals surface area contributed by atoms with Crippen LogP contribution in [0.5, 0.6) is 0 Å². The van der Waals surface area contributed by atoms with E-state index in [9.17, 15) is 9.59 Å². The lowest BCUT2D eigenvalue weighted by atomic mass is 10.1. The van der Waals surface area contributed by atoms with E-state index < -0.39 is 0 Å². The Morgan fingerprint density at radius 2 is 1.67 bits per heavy atom. The molecule has 1 aliphatic rings. The summed E-state index contributed by atoms with van der Waals surface area (Å²) in [6.07, 6.45) is 0.614. The van der Waals surface area contributed by atoms with Crippen molar-refractivity contribution in [2.75, 3.05) is 11.9 Å². The van der Waals surface area contributed by atoms with Crippen LogP contribution in [0.3, 0.4) is 0 Å². The number of carbonyl (C=O) groups is 2. The quantitative estimate of drug-likeness (QED) is 0.318. The second-order valence-electron chi connectivity index (χ2n) is 8.78. The summed E-state index contributed by atoms with van der Waals surface area (Å²) >= 11 is 1.44. The summed E-state index contributed by atoms with van der Waals surface area (Å²) in [5, 5.41) is 21.9. The maximum Gasteiger partial charge on any atom is 0.261 e. The zero-order valence-electron chi connectivity index (χ0n) is 19.4. The Labute approximate surface area is 211 Å². The van der Waals surface area contributed by atoms with Gasteiger partial charge in [-0.05, 0) is 49.2 Å². The molecule has 9 heteroatoms. The molecule has 36 heavy (non-hydrogen) atoms. The number of imide groups is 1. The molecule has 0 spiro atoms. The van der Waals surface area contributed by atoms with Crippen molar-refractivity contribution in [1.82, 2.24) is 25.3 Å². The minimum Gasteiger partial charge on any atom is -0.355 e. The van der Waals surface area contributed by atoms with Crippen LogP contribution in [0.1, 0.15) is 32.0 Å². The van der Waals surface area contributed by atoms with E-state index in [1.54, 1.807) is 24.3 Å². The van der Waals surface area contributed by atoms with E-state index in [2.05, 4.69) is 31.8 Å². The topological polar surface area (TPSA) is 104 Å². The molecule has 0 bridgehead atoms. The summed E-state index contributed by atoms with van der Waals surface area (Å²) in [6.45, 7) is 2.18. The Balaban J connectivity index is 1.26. The Bertz CT molecular complexity index is 1560. The molecule has 3 aromatic carbocycles. The van der Waals surface area contributed by atoms with Crippen LogP contribution in [0.15, 0.2) is 72.8 Å². The van der Waals surface area contributed by atoms with Gasteiger partial charge in [-0.25, -0.2) is 0 Å². The van der Waals surface area contributed by atoms with Crippen LogP contribution >= 0.6 is 11.3 Å². The van der Waals surface area contributed by atoms with Gasteiger partial charge in [-0.3, -0.25) is 19.6 Å². The monoisotopic (exact) mass is 494 g/mol. The lowest BCUT2D eigenvalue weighted by Crippen LogP contribution is -2.41. The molecule has 178 valence electrons. The molecule has 0 saturated heterocycles. The van der Waals surface area contributed by atoms with Crippen LogP contribution in [0.25, 0.3) is 21.5 Å². The van der Waals surface area contributed by atoms with Gasteiger partial charge in [0.25, 0.3) is 11.8 Å². The predicted molar refractivity (Wildman–Crippen MR) is 139 cm³/mol. The first-order valence-corrected chi connectivity index (χ1v) is 12.4. The number of anilines is 1. The van der Waals surface area contributed by atoms with Crippen LogP contribution in [0.2, 0.25) is 0 Å². The molecule has 2 N–H and O–H groups in total. The number of benzene rings is 3. The summed E-state index contributed by atoms with van der Waals surface area (Å²) in [5.41, 5.74) is 4.85. The number of rotatable bonds is 7. The molecule has 0 saturated carbocycles. The second kappa shape index (κ2) is 9.01. The van der Waals surface area contributed by atoms with E-state index in [0.29, 0.717) is 22.7 Å². The molecular weight excluding hydrogens is 472 g/mol. The van der Waals surface area contributed by atoms with Gasteiger partial charge < -0.3 is 5.32 Å². The maximum atomic E-state index is 13.0. The third-order valence-electron chi connectivity index (χ3n) is 6.36. The van der Waals surface area contributed by atoms with Crippen molar-refractivity contribution in [3.8, 4) is 10.6 Å². The number of aromatic amines is 1. The highest BCUT2D eigenvalue weighted by atomic mass is 32.1. The summed E-state index contributed by atoms with van der Waals surface area (Å²) in [5.74, 6) is -0.533. The van der Waals surface area contributed by atoms with Gasteiger partial charge in [-0.2, -0.15) is 5.10 Å². The van der Waals surface area contributed by atoms with Crippen molar-refractivity contribution in [3.63, 3.8) is 0 Å². The fourth-order valence-electron chi connectivity index (χ4n) is 4.54. The van der Waals surface area contributed by atoms with E-state index in [-0.39, 0.29) is 24.4 Å². The molecule has 0 fully saturated rings. The van der Waals surface area contributed by atoms with Crippen LogP contribution in [0.4, 0.5) is 5.13 Å². The molecule has 5 aromatic rings. The number of amides is 2. The number of aromatic nitrogens is 4. The van der Waals surface area contributed by atoms with E-state index in [0.717, 1.165) is 32.7 Å². The van der Waals surface area contributed by atoms with Crippen molar-refractivity contribution in [2.24, 2.45) is 0 Å². The Morgan fingerprint density at radius 3 is 2.42 bits per heavy atom. The average Bonchev–Trinajstić information content (AvgIpc) is 3.58. The maximum absolute atomic E-state index is 13.0. The van der Waals surface area contributed by atoms with Crippen molar-refractivity contribution in [3.05, 3.63) is 95.2 Å². The smallest absolute Gasteiger partial charge is 0.261 e. The van der Waals surface area contributed by atoms with Crippen LogP contribution < -0.4 is 5.32 Å². The van der Waals surface area contributed by atoms with Gasteiger partial charge in [0, 0.05) is 17.5 Å². The fraction of sp³-hybridized carbons (Fsp3) is 0.148. The molecule has 2 amide bonds. The van der Waals surface area contributed by atoms with Gasteiger partial charge in [0.05, 0.1) is 28.4 Å². The number of aryl methyl sites for hydroxylation is 1. The molecule has 0 aliphatic carbocycles. The number of fused-ring (bicyclic) bond motifs is 2. The predicted octanol–water partition coefficient (Wildman–Crippen LogP) is 4.71. The largest absolute Gasteiger partial charge is 0.355 e. The fourth-order valence-corrected chi connectivity index (χ4v) is 5.35. The van der Waals surface area contributed by atoms with Gasteiger partial charge >= 0.3 is 0 Å². The van der Waals surface area contributed by atoms with E-state index in [1.807, 2.05) is 49.4 Å². The molecule has 0 unspecified atom stereocenters. The molecule has 8 nitrogen and oxygen atoms in total. The Morgan fingerprint density at radius 1 is 0.944 bits per heavy atom. The minimum atomic E-state index is -0.266. The van der Waals surface area contributed by atoms with Crippen molar-refractivity contribution in [1.29, 1.82) is 0 Å². The standard InChI is InChI=1S/C27H22N6O2S/c1-16-22-14-18(11-12-23(22)30-29-16)24-31-32-27(36-24)28-19(13-17-7-3-2-4-8-17)15-33-25(34)20-9-5-6-10-21(20)26(33)35/h2-12,14,19H,13,15H2,1H3,(H,28,32)(H,29,30)/t19-/m0/s1. The normalized spacial score (nSPS) is 13.9. The molecule has 1 aliphatic heterocycles. The number of hydrogen-bond acceptors (Lipinski definition) is 7. The van der Waals surface area contributed by atoms with Crippen LogP contribution in [0, 0.1) is 6.92 Å². The Hall–Kier alpha value is -4.37. The molecule has 3 heterocycles. The third kappa shape index (κ3) is 4.03. The number of nitrogens with zero attached hydrogens (tertiary/aromatic N) is 4. The number of carbonyl (C=O) groups excluding carboxylic acids is 2. The van der Waals surface area contributed by atoms with E-state index in [1.165, 1.54) is 16.2 Å². The molecule has 2 aromatic heterocycles. The summed E-state index contributed by atoms with van der Waals surface area (Å²) in [6, 6.07) is 22.7. The van der Waals surface area contributed by atoms with E-state index in [4.69, 9.17) is 0 Å².